The molecular formula is C46H74N6O4. The Morgan fingerprint density at radius 2 is 1.04 bits per heavy atom. The van der Waals surface area contributed by atoms with Crippen molar-refractivity contribution in [1.82, 2.24) is 10.1 Å². The third-order valence-electron chi connectivity index (χ3n) is 11.2. The van der Waals surface area contributed by atoms with Crippen LogP contribution in [0.25, 0.3) is 4.85 Å². The summed E-state index contributed by atoms with van der Waals surface area (Å²) in [5.74, 6) is 0. The Morgan fingerprint density at radius 1 is 0.679 bits per heavy atom. The summed E-state index contributed by atoms with van der Waals surface area (Å²) in [5.41, 5.74) is 12.3. The van der Waals surface area contributed by atoms with E-state index >= 15 is 0 Å². The third kappa shape index (κ3) is 14.8. The van der Waals surface area contributed by atoms with Gasteiger partial charge in [-0.05, 0) is 131 Å². The zero-order chi connectivity index (χ0) is 41.7. The normalized spacial score (nSPS) is 22.2. The van der Waals surface area contributed by atoms with Crippen LogP contribution in [0.3, 0.4) is 0 Å². The number of benzene rings is 2. The van der Waals surface area contributed by atoms with Gasteiger partial charge < -0.3 is 15.2 Å². The van der Waals surface area contributed by atoms with Crippen LogP contribution >= 0.6 is 0 Å². The Labute approximate surface area is 339 Å². The highest BCUT2D eigenvalue weighted by molar-refractivity contribution is 5.19. The van der Waals surface area contributed by atoms with Gasteiger partial charge in [-0.1, -0.05) is 60.7 Å². The number of piperidine rings is 2. The standard InChI is InChI=1S/2C23H37N3O2/c1-21(2)14-10-15-22(3,4)26(21)28-20(19-12-8-7-9-13-19)18-27-17-11-16-23(5,24)25-6;1-21(2)13-9-14-22(3,4)26(21)28-20(19-11-7-6-8-12-19)17-27-16-10-15-23(5,25)18-24/h7-9,12-13,20H,10-11,14-18,24H2,1-5H3;6-8,11-12,20H,9-10,13-17,25H2,1-5H3. The Morgan fingerprint density at radius 3 is 1.38 bits per heavy atom. The first-order chi connectivity index (χ1) is 26.1. The van der Waals surface area contributed by atoms with Crippen molar-refractivity contribution < 1.29 is 19.1 Å². The molecule has 0 bridgehead atoms. The number of nitrogens with two attached hydrogens (primary N) is 2. The molecule has 0 aliphatic carbocycles. The summed E-state index contributed by atoms with van der Waals surface area (Å²) in [5, 5.41) is 13.4. The number of hydroxylamine groups is 4. The van der Waals surface area contributed by atoms with Crippen molar-refractivity contribution in [3.63, 3.8) is 0 Å². The third-order valence-corrected chi connectivity index (χ3v) is 11.2. The molecule has 4 unspecified atom stereocenters. The molecule has 4 atom stereocenters. The Bertz CT molecular complexity index is 1380. The van der Waals surface area contributed by atoms with Gasteiger partial charge in [0.05, 0.1) is 19.3 Å². The predicted octanol–water partition coefficient (Wildman–Crippen LogP) is 9.83. The molecule has 10 nitrogen and oxygen atoms in total. The first kappa shape index (κ1) is 47.5. The van der Waals surface area contributed by atoms with Crippen molar-refractivity contribution in [3.8, 4) is 6.07 Å². The van der Waals surface area contributed by atoms with E-state index in [1.54, 1.807) is 13.8 Å². The van der Waals surface area contributed by atoms with Gasteiger partial charge in [0.1, 0.15) is 17.7 Å². The molecule has 4 N–H and O–H groups in total. The van der Waals surface area contributed by atoms with Crippen LogP contribution in [0.1, 0.15) is 157 Å². The summed E-state index contributed by atoms with van der Waals surface area (Å²) < 4.78 is 11.9. The summed E-state index contributed by atoms with van der Waals surface area (Å²) in [6, 6.07) is 22.7. The molecule has 2 heterocycles. The van der Waals surface area contributed by atoms with Crippen LogP contribution in [0.4, 0.5) is 0 Å². The fourth-order valence-corrected chi connectivity index (χ4v) is 8.05. The topological polar surface area (TPSA) is 124 Å². The molecule has 312 valence electrons. The maximum Gasteiger partial charge on any atom is 0.281 e. The molecule has 2 aromatic carbocycles. The Balaban J connectivity index is 0.000000300. The van der Waals surface area contributed by atoms with Gasteiger partial charge in [0.15, 0.2) is 0 Å². The van der Waals surface area contributed by atoms with E-state index in [1.165, 1.54) is 12.8 Å². The highest BCUT2D eigenvalue weighted by Crippen LogP contribution is 2.42. The average Bonchev–Trinajstić information content (AvgIpc) is 3.13. The lowest BCUT2D eigenvalue weighted by Crippen LogP contribution is -2.58. The summed E-state index contributed by atoms with van der Waals surface area (Å²) in [6.07, 6.45) is 9.31. The number of nitriles is 1. The smallest absolute Gasteiger partial charge is 0.281 e. The molecule has 0 aromatic heterocycles. The zero-order valence-electron chi connectivity index (χ0n) is 36.4. The number of nitrogens with zero attached hydrogens (tertiary/aromatic N) is 4. The van der Waals surface area contributed by atoms with Gasteiger partial charge in [-0.15, -0.1) is 0 Å². The number of rotatable bonds is 18. The maximum atomic E-state index is 9.03. The summed E-state index contributed by atoms with van der Waals surface area (Å²) in [7, 11) is 0. The van der Waals surface area contributed by atoms with E-state index in [1.807, 2.05) is 36.4 Å². The number of ether oxygens (including phenoxy) is 2. The average molecular weight is 775 g/mol. The molecule has 2 saturated heterocycles. The fraction of sp³-hybridized carbons (Fsp3) is 0.696. The highest BCUT2D eigenvalue weighted by atomic mass is 16.7. The van der Waals surface area contributed by atoms with E-state index in [0.717, 1.165) is 49.7 Å². The maximum absolute atomic E-state index is 9.03. The van der Waals surface area contributed by atoms with Crippen LogP contribution in [0.15, 0.2) is 60.7 Å². The second kappa shape index (κ2) is 20.7. The van der Waals surface area contributed by atoms with Gasteiger partial charge in [0.25, 0.3) is 5.66 Å². The Hall–Kier alpha value is -2.90. The summed E-state index contributed by atoms with van der Waals surface area (Å²) in [4.78, 5) is 16.7. The minimum Gasteiger partial charge on any atom is -0.378 e. The molecule has 2 aliphatic rings. The zero-order valence-corrected chi connectivity index (χ0v) is 36.4. The number of hydrogen-bond donors (Lipinski definition) is 2. The van der Waals surface area contributed by atoms with Gasteiger partial charge >= 0.3 is 0 Å². The van der Waals surface area contributed by atoms with Crippen molar-refractivity contribution in [2.75, 3.05) is 26.4 Å². The van der Waals surface area contributed by atoms with Crippen molar-refractivity contribution in [2.24, 2.45) is 11.5 Å². The van der Waals surface area contributed by atoms with Crippen LogP contribution in [-0.2, 0) is 19.1 Å². The minimum absolute atomic E-state index is 0.0221. The fourth-order valence-electron chi connectivity index (χ4n) is 8.05. The van der Waals surface area contributed by atoms with Gasteiger partial charge in [0, 0.05) is 48.7 Å². The van der Waals surface area contributed by atoms with Crippen LogP contribution < -0.4 is 11.5 Å². The lowest BCUT2D eigenvalue weighted by molar-refractivity contribution is -0.312. The van der Waals surface area contributed by atoms with E-state index in [0.29, 0.717) is 39.3 Å². The molecule has 2 aliphatic heterocycles. The van der Waals surface area contributed by atoms with Gasteiger partial charge in [-0.2, -0.15) is 15.4 Å². The van der Waals surface area contributed by atoms with Crippen LogP contribution in [-0.4, -0.2) is 69.9 Å². The lowest BCUT2D eigenvalue weighted by Gasteiger charge is -2.52. The molecular weight excluding hydrogens is 701 g/mol. The molecule has 4 rings (SSSR count). The molecule has 0 radical (unpaired) electrons. The lowest BCUT2D eigenvalue weighted by atomic mass is 9.82. The van der Waals surface area contributed by atoms with E-state index < -0.39 is 11.2 Å². The monoisotopic (exact) mass is 775 g/mol. The molecule has 10 heteroatoms. The highest BCUT2D eigenvalue weighted by Gasteiger charge is 2.45. The van der Waals surface area contributed by atoms with Crippen molar-refractivity contribution in [2.45, 2.75) is 179 Å². The largest absolute Gasteiger partial charge is 0.378 e. The van der Waals surface area contributed by atoms with Crippen molar-refractivity contribution >= 4 is 0 Å². The predicted molar refractivity (Wildman–Crippen MR) is 226 cm³/mol. The van der Waals surface area contributed by atoms with Crippen LogP contribution in [0.5, 0.6) is 0 Å². The van der Waals surface area contributed by atoms with Gasteiger partial charge in [0.2, 0.25) is 0 Å². The van der Waals surface area contributed by atoms with E-state index in [4.69, 9.17) is 42.5 Å². The van der Waals surface area contributed by atoms with E-state index in [-0.39, 0.29) is 34.4 Å². The molecule has 0 saturated carbocycles. The van der Waals surface area contributed by atoms with Crippen LogP contribution in [0, 0.1) is 17.9 Å². The van der Waals surface area contributed by atoms with Crippen LogP contribution in [0.2, 0.25) is 0 Å². The number of hydrogen-bond acceptors (Lipinski definition) is 9. The second-order valence-electron chi connectivity index (χ2n) is 18.9. The molecule has 56 heavy (non-hydrogen) atoms. The molecule has 0 spiro atoms. The quantitative estimate of drug-likeness (QED) is 0.113. The van der Waals surface area contributed by atoms with Gasteiger partial charge in [-0.25, -0.2) is 6.57 Å². The Kier molecular flexibility index (Phi) is 17.5. The van der Waals surface area contributed by atoms with Crippen molar-refractivity contribution in [1.29, 1.82) is 5.26 Å². The summed E-state index contributed by atoms with van der Waals surface area (Å²) >= 11 is 0. The van der Waals surface area contributed by atoms with Gasteiger partial charge in [-0.3, -0.25) is 20.3 Å². The summed E-state index contributed by atoms with van der Waals surface area (Å²) in [6.45, 7) is 30.7. The molecule has 2 aromatic rings. The minimum atomic E-state index is -0.805. The molecule has 0 amide bonds. The molecule has 2 fully saturated rings. The first-order valence-corrected chi connectivity index (χ1v) is 20.7. The second-order valence-corrected chi connectivity index (χ2v) is 18.9. The van der Waals surface area contributed by atoms with Crippen molar-refractivity contribution in [3.05, 3.63) is 83.2 Å². The SMILES string of the molecule is CC(N)(C#N)CCCOCC(ON1C(C)(C)CCCC1(C)C)c1ccccc1.[C-]#[N+]C(C)(N)CCCOCC(ON1C(C)(C)CCCC1(C)C)c1ccccc1. The first-order valence-electron chi connectivity index (χ1n) is 20.7. The van der Waals surface area contributed by atoms with E-state index in [2.05, 4.69) is 101 Å². The van der Waals surface area contributed by atoms with E-state index in [9.17, 15) is 0 Å².